The number of ether oxygens (including phenoxy) is 1. The van der Waals surface area contributed by atoms with Gasteiger partial charge in [-0.1, -0.05) is 13.8 Å². The molecule has 14 heavy (non-hydrogen) atoms. The third-order valence-electron chi connectivity index (χ3n) is 2.24. The number of methoxy groups -OCH3 is 1. The highest BCUT2D eigenvalue weighted by molar-refractivity contribution is 5.36. The molecule has 0 N–H and O–H groups in total. The van der Waals surface area contributed by atoms with Crippen molar-refractivity contribution in [3.63, 3.8) is 0 Å². The van der Waals surface area contributed by atoms with Gasteiger partial charge in [-0.3, -0.25) is 0 Å². The number of hydrogen-bond donors (Lipinski definition) is 0. The van der Waals surface area contributed by atoms with Gasteiger partial charge in [0.15, 0.2) is 0 Å². The smallest absolute Gasteiger partial charge is 0.216 e. The summed E-state index contributed by atoms with van der Waals surface area (Å²) >= 11 is 0. The van der Waals surface area contributed by atoms with Gasteiger partial charge in [0.2, 0.25) is 5.88 Å². The number of aromatic nitrogens is 1. The third-order valence-corrected chi connectivity index (χ3v) is 2.24. The van der Waals surface area contributed by atoms with Crippen LogP contribution >= 0.6 is 0 Å². The number of nitrogens with zero attached hydrogens (tertiary/aromatic N) is 1. The minimum absolute atomic E-state index is 0.632. The molecule has 0 fully saturated rings. The van der Waals surface area contributed by atoms with E-state index in [2.05, 4.69) is 31.8 Å². The zero-order chi connectivity index (χ0) is 10.7. The van der Waals surface area contributed by atoms with E-state index >= 15 is 0 Å². The van der Waals surface area contributed by atoms with Crippen LogP contribution in [0.4, 0.5) is 0 Å². The molecule has 1 aromatic rings. The second-order valence-corrected chi connectivity index (χ2v) is 4.17. The summed E-state index contributed by atoms with van der Waals surface area (Å²) in [6.07, 6.45) is 1.03. The molecular formula is C12H19NO. The van der Waals surface area contributed by atoms with Crippen LogP contribution in [-0.2, 0) is 6.42 Å². The summed E-state index contributed by atoms with van der Waals surface area (Å²) in [6.45, 7) is 8.53. The third kappa shape index (κ3) is 2.47. The molecule has 0 bridgehead atoms. The van der Waals surface area contributed by atoms with Crippen molar-refractivity contribution in [1.29, 1.82) is 0 Å². The Kier molecular flexibility index (Phi) is 3.50. The van der Waals surface area contributed by atoms with Crippen molar-refractivity contribution < 1.29 is 4.74 Å². The minimum atomic E-state index is 0.632. The normalized spacial score (nSPS) is 10.7. The van der Waals surface area contributed by atoms with E-state index in [1.165, 1.54) is 11.1 Å². The summed E-state index contributed by atoms with van der Waals surface area (Å²) in [4.78, 5) is 4.38. The van der Waals surface area contributed by atoms with E-state index in [0.29, 0.717) is 5.92 Å². The fraction of sp³-hybridized carbons (Fsp3) is 0.583. The van der Waals surface area contributed by atoms with Crippen LogP contribution in [-0.4, -0.2) is 12.1 Å². The number of rotatable bonds is 3. The van der Waals surface area contributed by atoms with Crippen molar-refractivity contribution in [3.05, 3.63) is 22.9 Å². The summed E-state index contributed by atoms with van der Waals surface area (Å²) < 4.78 is 5.30. The van der Waals surface area contributed by atoms with Crippen LogP contribution in [0.5, 0.6) is 5.88 Å². The van der Waals surface area contributed by atoms with Gasteiger partial charge in [-0.25, -0.2) is 4.98 Å². The van der Waals surface area contributed by atoms with Crippen molar-refractivity contribution in [2.75, 3.05) is 7.11 Å². The Bertz CT molecular complexity index is 318. The van der Waals surface area contributed by atoms with Gasteiger partial charge in [0.05, 0.1) is 7.11 Å². The first-order valence-corrected chi connectivity index (χ1v) is 5.05. The molecule has 0 aliphatic heterocycles. The quantitative estimate of drug-likeness (QED) is 0.736. The predicted octanol–water partition coefficient (Wildman–Crippen LogP) is 2.91. The van der Waals surface area contributed by atoms with E-state index in [9.17, 15) is 0 Å². The van der Waals surface area contributed by atoms with Crippen LogP contribution in [0.15, 0.2) is 6.07 Å². The van der Waals surface area contributed by atoms with E-state index in [0.717, 1.165) is 18.0 Å². The Morgan fingerprint density at radius 1 is 1.36 bits per heavy atom. The summed E-state index contributed by atoms with van der Waals surface area (Å²) in [5, 5.41) is 0. The summed E-state index contributed by atoms with van der Waals surface area (Å²) in [5.41, 5.74) is 3.54. The van der Waals surface area contributed by atoms with Gasteiger partial charge >= 0.3 is 0 Å². The summed E-state index contributed by atoms with van der Waals surface area (Å²) in [6, 6.07) is 2.11. The van der Waals surface area contributed by atoms with Crippen LogP contribution in [0.2, 0.25) is 0 Å². The van der Waals surface area contributed by atoms with Gasteiger partial charge in [-0.2, -0.15) is 0 Å². The molecule has 0 saturated carbocycles. The highest BCUT2D eigenvalue weighted by Crippen LogP contribution is 2.23. The molecule has 1 rings (SSSR count). The maximum Gasteiger partial charge on any atom is 0.216 e. The molecule has 2 nitrogen and oxygen atoms in total. The predicted molar refractivity (Wildman–Crippen MR) is 58.8 cm³/mol. The second kappa shape index (κ2) is 4.45. The lowest BCUT2D eigenvalue weighted by Gasteiger charge is -2.13. The molecule has 0 radical (unpaired) electrons. The number of aryl methyl sites for hydroxylation is 2. The molecule has 1 aromatic heterocycles. The zero-order valence-electron chi connectivity index (χ0n) is 9.72. The largest absolute Gasteiger partial charge is 0.481 e. The van der Waals surface area contributed by atoms with E-state index < -0.39 is 0 Å². The van der Waals surface area contributed by atoms with Crippen LogP contribution in [0, 0.1) is 19.8 Å². The Morgan fingerprint density at radius 2 is 2.00 bits per heavy atom. The summed E-state index contributed by atoms with van der Waals surface area (Å²) in [7, 11) is 1.69. The van der Waals surface area contributed by atoms with Crippen molar-refractivity contribution in [2.45, 2.75) is 34.1 Å². The van der Waals surface area contributed by atoms with E-state index in [1.54, 1.807) is 7.11 Å². The SMILES string of the molecule is COc1nc(C)cc(C)c1CC(C)C. The second-order valence-electron chi connectivity index (χ2n) is 4.17. The van der Waals surface area contributed by atoms with E-state index in [-0.39, 0.29) is 0 Å². The van der Waals surface area contributed by atoms with Gasteiger partial charge in [-0.15, -0.1) is 0 Å². The van der Waals surface area contributed by atoms with Gasteiger partial charge in [0.25, 0.3) is 0 Å². The molecule has 0 amide bonds. The van der Waals surface area contributed by atoms with E-state index in [1.807, 2.05) is 6.92 Å². The molecular weight excluding hydrogens is 174 g/mol. The average molecular weight is 193 g/mol. The molecule has 2 heteroatoms. The zero-order valence-corrected chi connectivity index (χ0v) is 9.72. The molecule has 0 aromatic carbocycles. The minimum Gasteiger partial charge on any atom is -0.481 e. The fourth-order valence-corrected chi connectivity index (χ4v) is 1.65. The van der Waals surface area contributed by atoms with Gasteiger partial charge in [-0.05, 0) is 37.8 Å². The van der Waals surface area contributed by atoms with Crippen molar-refractivity contribution in [3.8, 4) is 5.88 Å². The van der Waals surface area contributed by atoms with Gasteiger partial charge < -0.3 is 4.74 Å². The topological polar surface area (TPSA) is 22.1 Å². The fourth-order valence-electron chi connectivity index (χ4n) is 1.65. The van der Waals surface area contributed by atoms with Gasteiger partial charge in [0.1, 0.15) is 0 Å². The molecule has 1 heterocycles. The number of pyridine rings is 1. The lowest BCUT2D eigenvalue weighted by Crippen LogP contribution is -2.03. The molecule has 78 valence electrons. The average Bonchev–Trinajstić information content (AvgIpc) is 2.08. The Labute approximate surface area is 86.3 Å². The first-order chi connectivity index (χ1) is 6.54. The van der Waals surface area contributed by atoms with Gasteiger partial charge in [0, 0.05) is 11.3 Å². The standard InChI is InChI=1S/C12H19NO/c1-8(2)6-11-9(3)7-10(4)13-12(11)14-5/h7-8H,6H2,1-5H3. The molecule has 0 aliphatic carbocycles. The molecule has 0 unspecified atom stereocenters. The Morgan fingerprint density at radius 3 is 2.50 bits per heavy atom. The molecule has 0 saturated heterocycles. The Hall–Kier alpha value is -1.05. The molecule has 0 atom stereocenters. The van der Waals surface area contributed by atoms with Crippen molar-refractivity contribution in [2.24, 2.45) is 5.92 Å². The molecule has 0 aliphatic rings. The number of hydrogen-bond acceptors (Lipinski definition) is 2. The van der Waals surface area contributed by atoms with Crippen molar-refractivity contribution >= 4 is 0 Å². The first-order valence-electron chi connectivity index (χ1n) is 5.05. The Balaban J connectivity index is 3.11. The lowest BCUT2D eigenvalue weighted by atomic mass is 9.99. The highest BCUT2D eigenvalue weighted by Gasteiger charge is 2.10. The monoisotopic (exact) mass is 193 g/mol. The molecule has 0 spiro atoms. The van der Waals surface area contributed by atoms with Crippen LogP contribution in [0.3, 0.4) is 0 Å². The van der Waals surface area contributed by atoms with Crippen LogP contribution in [0.25, 0.3) is 0 Å². The lowest BCUT2D eigenvalue weighted by molar-refractivity contribution is 0.388. The van der Waals surface area contributed by atoms with Crippen LogP contribution < -0.4 is 4.74 Å². The maximum absolute atomic E-state index is 5.30. The van der Waals surface area contributed by atoms with E-state index in [4.69, 9.17) is 4.74 Å². The summed E-state index contributed by atoms with van der Waals surface area (Å²) in [5.74, 6) is 1.42. The van der Waals surface area contributed by atoms with Crippen LogP contribution in [0.1, 0.15) is 30.7 Å². The highest BCUT2D eigenvalue weighted by atomic mass is 16.5. The maximum atomic E-state index is 5.30. The van der Waals surface area contributed by atoms with Crippen molar-refractivity contribution in [1.82, 2.24) is 4.98 Å². The first kappa shape index (κ1) is 11.0.